The van der Waals surface area contributed by atoms with Crippen molar-refractivity contribution in [1.29, 1.82) is 0 Å². The van der Waals surface area contributed by atoms with Crippen molar-refractivity contribution in [3.63, 3.8) is 0 Å². The molecule has 0 aliphatic carbocycles. The quantitative estimate of drug-likeness (QED) is 0.470. The molecular formula is C21H26N4O4S. The van der Waals surface area contributed by atoms with Crippen LogP contribution in [-0.2, 0) is 26.0 Å². The van der Waals surface area contributed by atoms with Gasteiger partial charge in [0.1, 0.15) is 0 Å². The molecule has 0 aliphatic heterocycles. The second-order valence-electron chi connectivity index (χ2n) is 6.87. The Morgan fingerprint density at radius 1 is 0.967 bits per heavy atom. The summed E-state index contributed by atoms with van der Waals surface area (Å²) in [4.78, 5) is 23.4. The van der Waals surface area contributed by atoms with Crippen molar-refractivity contribution in [2.75, 3.05) is 18.4 Å². The van der Waals surface area contributed by atoms with Crippen LogP contribution in [-0.4, -0.2) is 43.3 Å². The zero-order valence-electron chi connectivity index (χ0n) is 17.3. The van der Waals surface area contributed by atoms with E-state index in [2.05, 4.69) is 15.8 Å². The van der Waals surface area contributed by atoms with Gasteiger partial charge in [0.2, 0.25) is 15.9 Å². The summed E-state index contributed by atoms with van der Waals surface area (Å²) in [6, 6.07) is 15.3. The molecule has 160 valence electrons. The summed E-state index contributed by atoms with van der Waals surface area (Å²) in [5.74, 6) is -0.777. The summed E-state index contributed by atoms with van der Waals surface area (Å²) in [6.07, 6.45) is 0.452. The van der Waals surface area contributed by atoms with E-state index in [9.17, 15) is 18.0 Å². The third-order valence-corrected chi connectivity index (χ3v) is 5.89. The Morgan fingerprint density at radius 2 is 1.60 bits per heavy atom. The van der Waals surface area contributed by atoms with Gasteiger partial charge in [-0.3, -0.25) is 9.59 Å². The van der Waals surface area contributed by atoms with Gasteiger partial charge in [0.25, 0.3) is 5.91 Å². The molecule has 2 rings (SSSR count). The summed E-state index contributed by atoms with van der Waals surface area (Å²) in [5, 5.41) is 6.44. The number of nitrogens with zero attached hydrogens (tertiary/aromatic N) is 2. The number of anilines is 1. The molecule has 2 amide bonds. The first-order valence-electron chi connectivity index (χ1n) is 9.40. The number of amides is 2. The summed E-state index contributed by atoms with van der Waals surface area (Å²) >= 11 is 0. The lowest BCUT2D eigenvalue weighted by atomic mass is 10.1. The Morgan fingerprint density at radius 3 is 2.17 bits per heavy atom. The Balaban J connectivity index is 2.24. The van der Waals surface area contributed by atoms with Crippen LogP contribution in [0.5, 0.6) is 0 Å². The Kier molecular flexibility index (Phi) is 8.25. The molecule has 0 saturated carbocycles. The molecule has 2 N–H and O–H groups in total. The van der Waals surface area contributed by atoms with Crippen molar-refractivity contribution < 1.29 is 18.0 Å². The number of carbonyl (C=O) groups excluding carboxylic acids is 2. The monoisotopic (exact) mass is 430 g/mol. The molecule has 0 aliphatic rings. The maximum atomic E-state index is 13.2. The van der Waals surface area contributed by atoms with Gasteiger partial charge in [-0.1, -0.05) is 30.3 Å². The summed E-state index contributed by atoms with van der Waals surface area (Å²) in [6.45, 7) is 4.58. The number of hydrogen-bond donors (Lipinski definition) is 2. The van der Waals surface area contributed by atoms with Gasteiger partial charge < -0.3 is 5.32 Å². The fraction of sp³-hybridized carbons (Fsp3) is 0.286. The highest BCUT2D eigenvalue weighted by Gasteiger charge is 2.26. The molecule has 9 heteroatoms. The number of rotatable bonds is 9. The molecule has 0 saturated heterocycles. The number of sulfonamides is 1. The topological polar surface area (TPSA) is 108 Å². The highest BCUT2D eigenvalue weighted by Crippen LogP contribution is 2.19. The molecule has 0 fully saturated rings. The molecule has 0 bridgehead atoms. The first-order valence-corrected chi connectivity index (χ1v) is 10.8. The first kappa shape index (κ1) is 23.2. The van der Waals surface area contributed by atoms with Crippen LogP contribution < -0.4 is 10.7 Å². The Hall–Kier alpha value is -3.04. The number of hydrogen-bond acceptors (Lipinski definition) is 5. The minimum Gasteiger partial charge on any atom is -0.326 e. The predicted molar refractivity (Wildman–Crippen MR) is 117 cm³/mol. The maximum absolute atomic E-state index is 13.2. The molecule has 0 unspecified atom stereocenters. The van der Waals surface area contributed by atoms with E-state index < -0.39 is 15.9 Å². The SMILES string of the molecule is CC(=O)Nc1ccc(S(=O)(=O)N(CCc2ccccc2)CC(=O)NN=C(C)C)cc1. The van der Waals surface area contributed by atoms with Gasteiger partial charge in [0.15, 0.2) is 0 Å². The van der Waals surface area contributed by atoms with E-state index in [1.807, 2.05) is 30.3 Å². The van der Waals surface area contributed by atoms with Crippen LogP contribution in [0.25, 0.3) is 0 Å². The van der Waals surface area contributed by atoms with Gasteiger partial charge in [-0.2, -0.15) is 9.41 Å². The molecule has 0 spiro atoms. The van der Waals surface area contributed by atoms with Gasteiger partial charge in [-0.05, 0) is 50.1 Å². The molecule has 0 radical (unpaired) electrons. The number of carbonyl (C=O) groups is 2. The van der Waals surface area contributed by atoms with Crippen molar-refractivity contribution in [2.24, 2.45) is 5.10 Å². The zero-order chi connectivity index (χ0) is 22.1. The normalized spacial score (nSPS) is 11.1. The first-order chi connectivity index (χ1) is 14.2. The van der Waals surface area contributed by atoms with Crippen molar-refractivity contribution in [2.45, 2.75) is 32.1 Å². The standard InChI is InChI=1S/C21H26N4O4S/c1-16(2)23-24-21(27)15-25(14-13-18-7-5-4-6-8-18)30(28,29)20-11-9-19(10-12-20)22-17(3)26/h4-12H,13-15H2,1-3H3,(H,22,26)(H,24,27). The van der Waals surface area contributed by atoms with E-state index in [1.165, 1.54) is 31.2 Å². The summed E-state index contributed by atoms with van der Waals surface area (Å²) in [7, 11) is -3.94. The van der Waals surface area contributed by atoms with Crippen molar-refractivity contribution >= 4 is 33.2 Å². The fourth-order valence-corrected chi connectivity index (χ4v) is 4.01. The average molecular weight is 431 g/mol. The third kappa shape index (κ3) is 7.09. The smallest absolute Gasteiger partial charge is 0.255 e. The zero-order valence-corrected chi connectivity index (χ0v) is 18.1. The number of hydrazone groups is 1. The van der Waals surface area contributed by atoms with Crippen LogP contribution >= 0.6 is 0 Å². The van der Waals surface area contributed by atoms with E-state index in [-0.39, 0.29) is 23.9 Å². The second-order valence-corrected chi connectivity index (χ2v) is 8.81. The molecule has 2 aromatic carbocycles. The highest BCUT2D eigenvalue weighted by molar-refractivity contribution is 7.89. The number of benzene rings is 2. The van der Waals surface area contributed by atoms with Crippen molar-refractivity contribution in [3.8, 4) is 0 Å². The van der Waals surface area contributed by atoms with Gasteiger partial charge in [-0.25, -0.2) is 13.8 Å². The molecule has 0 aromatic heterocycles. The molecular weight excluding hydrogens is 404 g/mol. The van der Waals surface area contributed by atoms with Gasteiger partial charge in [0.05, 0.1) is 11.4 Å². The van der Waals surface area contributed by atoms with E-state index in [1.54, 1.807) is 13.8 Å². The maximum Gasteiger partial charge on any atom is 0.255 e. The molecule has 8 nitrogen and oxygen atoms in total. The molecule has 30 heavy (non-hydrogen) atoms. The molecule has 0 atom stereocenters. The van der Waals surface area contributed by atoms with E-state index in [4.69, 9.17) is 0 Å². The Bertz CT molecular complexity index is 999. The van der Waals surface area contributed by atoms with Crippen LogP contribution in [0.2, 0.25) is 0 Å². The largest absolute Gasteiger partial charge is 0.326 e. The molecule has 0 heterocycles. The third-order valence-electron chi connectivity index (χ3n) is 4.03. The van der Waals surface area contributed by atoms with Crippen LogP contribution in [0.15, 0.2) is 64.6 Å². The molecule has 2 aromatic rings. The number of nitrogens with one attached hydrogen (secondary N) is 2. The Labute approximate surface area is 177 Å². The van der Waals surface area contributed by atoms with E-state index in [0.717, 1.165) is 9.87 Å². The van der Waals surface area contributed by atoms with Crippen LogP contribution in [0.1, 0.15) is 26.3 Å². The minimum atomic E-state index is -3.94. The van der Waals surface area contributed by atoms with Gasteiger partial charge in [-0.15, -0.1) is 0 Å². The second kappa shape index (κ2) is 10.7. The predicted octanol–water partition coefficient (Wildman–Crippen LogP) is 2.39. The lowest BCUT2D eigenvalue weighted by Gasteiger charge is -2.21. The lowest BCUT2D eigenvalue weighted by Crippen LogP contribution is -2.40. The van der Waals surface area contributed by atoms with Gasteiger partial charge in [0, 0.05) is 24.9 Å². The van der Waals surface area contributed by atoms with Crippen molar-refractivity contribution in [1.82, 2.24) is 9.73 Å². The van der Waals surface area contributed by atoms with Crippen LogP contribution in [0.4, 0.5) is 5.69 Å². The van der Waals surface area contributed by atoms with E-state index in [0.29, 0.717) is 17.8 Å². The van der Waals surface area contributed by atoms with Crippen LogP contribution in [0, 0.1) is 0 Å². The van der Waals surface area contributed by atoms with Crippen LogP contribution in [0.3, 0.4) is 0 Å². The van der Waals surface area contributed by atoms with Gasteiger partial charge >= 0.3 is 0 Å². The fourth-order valence-electron chi connectivity index (χ4n) is 2.61. The lowest BCUT2D eigenvalue weighted by molar-refractivity contribution is -0.121. The minimum absolute atomic E-state index is 0.0348. The highest BCUT2D eigenvalue weighted by atomic mass is 32.2. The summed E-state index contributed by atoms with van der Waals surface area (Å²) in [5.41, 5.74) is 4.46. The average Bonchev–Trinajstić information content (AvgIpc) is 2.70. The van der Waals surface area contributed by atoms with E-state index >= 15 is 0 Å². The summed E-state index contributed by atoms with van der Waals surface area (Å²) < 4.78 is 27.5. The van der Waals surface area contributed by atoms with Crippen molar-refractivity contribution in [3.05, 3.63) is 60.2 Å².